The SMILES string of the molecule is CCOc1ccc2ccccc2c1C(=O)N(Cc1ccccn1)c1nc2c(C)cc(C)cc2s1. The molecule has 3 aromatic carbocycles. The molecule has 0 atom stereocenters. The molecule has 0 saturated heterocycles. The Bertz CT molecular complexity index is 1490. The van der Waals surface area contributed by atoms with Gasteiger partial charge in [-0.1, -0.05) is 53.8 Å². The summed E-state index contributed by atoms with van der Waals surface area (Å²) in [6.45, 7) is 6.84. The number of carbonyl (C=O) groups excluding carboxylic acids is 1. The molecule has 5 rings (SSSR count). The summed E-state index contributed by atoms with van der Waals surface area (Å²) in [6.07, 6.45) is 1.74. The zero-order valence-corrected chi connectivity index (χ0v) is 20.2. The van der Waals surface area contributed by atoms with Crippen LogP contribution in [0.15, 0.2) is 72.9 Å². The van der Waals surface area contributed by atoms with E-state index in [0.29, 0.717) is 29.6 Å². The number of ether oxygens (including phenoxy) is 1. The molecule has 0 unspecified atom stereocenters. The van der Waals surface area contributed by atoms with E-state index < -0.39 is 0 Å². The summed E-state index contributed by atoms with van der Waals surface area (Å²) in [6, 6.07) is 21.7. The van der Waals surface area contributed by atoms with Crippen LogP contribution in [0.4, 0.5) is 5.13 Å². The summed E-state index contributed by atoms with van der Waals surface area (Å²) in [4.78, 5) is 25.4. The zero-order valence-electron chi connectivity index (χ0n) is 19.4. The number of thiazole rings is 1. The highest BCUT2D eigenvalue weighted by Gasteiger charge is 2.27. The van der Waals surface area contributed by atoms with Gasteiger partial charge < -0.3 is 4.74 Å². The molecule has 0 aliphatic carbocycles. The van der Waals surface area contributed by atoms with Crippen molar-refractivity contribution in [3.05, 3.63) is 95.3 Å². The summed E-state index contributed by atoms with van der Waals surface area (Å²) < 4.78 is 6.98. The van der Waals surface area contributed by atoms with Crippen molar-refractivity contribution in [2.45, 2.75) is 27.3 Å². The maximum Gasteiger partial charge on any atom is 0.264 e. The number of carbonyl (C=O) groups is 1. The largest absolute Gasteiger partial charge is 0.493 e. The van der Waals surface area contributed by atoms with Crippen LogP contribution in [0.3, 0.4) is 0 Å². The van der Waals surface area contributed by atoms with Gasteiger partial charge in [-0.2, -0.15) is 0 Å². The van der Waals surface area contributed by atoms with Crippen molar-refractivity contribution >= 4 is 43.4 Å². The van der Waals surface area contributed by atoms with Crippen LogP contribution in [-0.2, 0) is 6.54 Å². The number of nitrogens with zero attached hydrogens (tertiary/aromatic N) is 3. The van der Waals surface area contributed by atoms with Crippen molar-refractivity contribution in [2.75, 3.05) is 11.5 Å². The minimum Gasteiger partial charge on any atom is -0.493 e. The normalized spacial score (nSPS) is 11.1. The van der Waals surface area contributed by atoms with E-state index in [1.807, 2.05) is 61.5 Å². The van der Waals surface area contributed by atoms with Gasteiger partial charge in [-0.15, -0.1) is 0 Å². The van der Waals surface area contributed by atoms with Crippen LogP contribution < -0.4 is 9.64 Å². The van der Waals surface area contributed by atoms with Crippen molar-refractivity contribution in [2.24, 2.45) is 0 Å². The summed E-state index contributed by atoms with van der Waals surface area (Å²) in [7, 11) is 0. The quantitative estimate of drug-likeness (QED) is 0.279. The lowest BCUT2D eigenvalue weighted by molar-refractivity contribution is 0.0983. The monoisotopic (exact) mass is 467 g/mol. The maximum atomic E-state index is 14.3. The number of amides is 1. The third-order valence-electron chi connectivity index (χ3n) is 5.75. The molecule has 0 aliphatic rings. The number of fused-ring (bicyclic) bond motifs is 2. The first-order chi connectivity index (χ1) is 16.5. The minimum absolute atomic E-state index is 0.153. The van der Waals surface area contributed by atoms with Crippen molar-refractivity contribution < 1.29 is 9.53 Å². The fraction of sp³-hybridized carbons (Fsp3) is 0.179. The van der Waals surface area contributed by atoms with Crippen molar-refractivity contribution in [3.8, 4) is 5.75 Å². The summed E-state index contributed by atoms with van der Waals surface area (Å²) in [5.74, 6) is 0.421. The van der Waals surface area contributed by atoms with Crippen molar-refractivity contribution in [1.82, 2.24) is 9.97 Å². The van der Waals surface area contributed by atoms with Gasteiger partial charge in [-0.25, -0.2) is 4.98 Å². The predicted octanol–water partition coefficient (Wildman–Crippen LogP) is 6.71. The molecular formula is C28H25N3O2S. The molecule has 0 bridgehead atoms. The molecule has 5 nitrogen and oxygen atoms in total. The average Bonchev–Trinajstić information content (AvgIpc) is 3.27. The van der Waals surface area contributed by atoms with Crippen LogP contribution in [0.25, 0.3) is 21.0 Å². The number of rotatable bonds is 6. The molecule has 1 amide bonds. The zero-order chi connectivity index (χ0) is 23.7. The second kappa shape index (κ2) is 9.23. The molecular weight excluding hydrogens is 442 g/mol. The first-order valence-electron chi connectivity index (χ1n) is 11.3. The molecule has 2 heterocycles. The molecule has 170 valence electrons. The van der Waals surface area contributed by atoms with Gasteiger partial charge >= 0.3 is 0 Å². The van der Waals surface area contributed by atoms with E-state index in [-0.39, 0.29) is 5.91 Å². The fourth-order valence-corrected chi connectivity index (χ4v) is 5.38. The lowest BCUT2D eigenvalue weighted by atomic mass is 10.0. The number of hydrogen-bond acceptors (Lipinski definition) is 5. The molecule has 6 heteroatoms. The van der Waals surface area contributed by atoms with E-state index in [9.17, 15) is 4.79 Å². The van der Waals surface area contributed by atoms with Crippen molar-refractivity contribution in [3.63, 3.8) is 0 Å². The van der Waals surface area contributed by atoms with Gasteiger partial charge in [0.2, 0.25) is 0 Å². The number of anilines is 1. The van der Waals surface area contributed by atoms with Crippen LogP contribution in [-0.4, -0.2) is 22.5 Å². The van der Waals surface area contributed by atoms with E-state index in [1.165, 1.54) is 16.9 Å². The summed E-state index contributed by atoms with van der Waals surface area (Å²) >= 11 is 1.53. The van der Waals surface area contributed by atoms with Crippen molar-refractivity contribution in [1.29, 1.82) is 0 Å². The van der Waals surface area contributed by atoms with Gasteiger partial charge in [0.1, 0.15) is 5.75 Å². The van der Waals surface area contributed by atoms with Gasteiger partial charge in [-0.3, -0.25) is 14.7 Å². The molecule has 34 heavy (non-hydrogen) atoms. The van der Waals surface area contributed by atoms with Crippen LogP contribution in [0, 0.1) is 13.8 Å². The third kappa shape index (κ3) is 4.13. The Balaban J connectivity index is 1.69. The minimum atomic E-state index is -0.153. The van der Waals surface area contributed by atoms with Gasteiger partial charge in [0, 0.05) is 6.20 Å². The van der Waals surface area contributed by atoms with Crippen LogP contribution in [0.5, 0.6) is 5.75 Å². The van der Waals surface area contributed by atoms with Crippen LogP contribution >= 0.6 is 11.3 Å². The van der Waals surface area contributed by atoms with Gasteiger partial charge in [0.05, 0.1) is 34.6 Å². The van der Waals surface area contributed by atoms with Crippen LogP contribution in [0.1, 0.15) is 34.1 Å². The molecule has 0 fully saturated rings. The van der Waals surface area contributed by atoms with E-state index in [4.69, 9.17) is 9.72 Å². The fourth-order valence-electron chi connectivity index (χ4n) is 4.24. The standard InChI is InChI=1S/C28H25N3O2S/c1-4-33-23-13-12-20-9-5-6-11-22(20)25(23)27(32)31(17-21-10-7-8-14-29-21)28-30-26-19(3)15-18(2)16-24(26)34-28/h5-16H,4,17H2,1-3H3. The molecule has 0 radical (unpaired) electrons. The van der Waals surface area contributed by atoms with Crippen LogP contribution in [0.2, 0.25) is 0 Å². The predicted molar refractivity (Wildman–Crippen MR) is 139 cm³/mol. The number of aryl methyl sites for hydroxylation is 2. The second-order valence-electron chi connectivity index (χ2n) is 8.23. The van der Waals surface area contributed by atoms with E-state index >= 15 is 0 Å². The molecule has 2 aromatic heterocycles. The highest BCUT2D eigenvalue weighted by molar-refractivity contribution is 7.22. The Morgan fingerprint density at radius 2 is 1.85 bits per heavy atom. The highest BCUT2D eigenvalue weighted by Crippen LogP contribution is 2.36. The lowest BCUT2D eigenvalue weighted by Gasteiger charge is -2.22. The second-order valence-corrected chi connectivity index (χ2v) is 9.24. The number of aromatic nitrogens is 2. The summed E-state index contributed by atoms with van der Waals surface area (Å²) in [5, 5.41) is 2.50. The van der Waals surface area contributed by atoms with Gasteiger partial charge in [-0.05, 0) is 66.9 Å². The number of pyridine rings is 1. The smallest absolute Gasteiger partial charge is 0.264 e. The highest BCUT2D eigenvalue weighted by atomic mass is 32.1. The Morgan fingerprint density at radius 3 is 2.65 bits per heavy atom. The topological polar surface area (TPSA) is 55.3 Å². The Kier molecular flexibility index (Phi) is 5.99. The molecule has 0 N–H and O–H groups in total. The molecule has 0 spiro atoms. The lowest BCUT2D eigenvalue weighted by Crippen LogP contribution is -2.31. The van der Waals surface area contributed by atoms with Gasteiger partial charge in [0.25, 0.3) is 5.91 Å². The third-order valence-corrected chi connectivity index (χ3v) is 6.77. The van der Waals surface area contributed by atoms with E-state index in [1.54, 1.807) is 11.1 Å². The Labute approximate surface area is 202 Å². The average molecular weight is 468 g/mol. The molecule has 5 aromatic rings. The first-order valence-corrected chi connectivity index (χ1v) is 12.1. The number of hydrogen-bond donors (Lipinski definition) is 0. The van der Waals surface area contributed by atoms with E-state index in [0.717, 1.165) is 32.2 Å². The van der Waals surface area contributed by atoms with Gasteiger partial charge in [0.15, 0.2) is 5.13 Å². The Morgan fingerprint density at radius 1 is 1.03 bits per heavy atom. The Hall–Kier alpha value is -3.77. The maximum absolute atomic E-state index is 14.3. The summed E-state index contributed by atoms with van der Waals surface area (Å²) in [5.41, 5.74) is 4.54. The first kappa shape index (κ1) is 22.0. The van der Waals surface area contributed by atoms with E-state index in [2.05, 4.69) is 31.0 Å². The molecule has 0 aliphatic heterocycles. The number of benzene rings is 3. The molecule has 0 saturated carbocycles.